The van der Waals surface area contributed by atoms with Crippen LogP contribution in [-0.2, 0) is 23.7 Å². The minimum absolute atomic E-state index is 0.254. The van der Waals surface area contributed by atoms with Gasteiger partial charge in [-0.1, -0.05) is 94.6 Å². The van der Waals surface area contributed by atoms with Crippen molar-refractivity contribution in [1.82, 2.24) is 5.32 Å². The third-order valence-electron chi connectivity index (χ3n) is 9.45. The van der Waals surface area contributed by atoms with Crippen LogP contribution in [-0.4, -0.2) is 140 Å². The lowest BCUT2D eigenvalue weighted by Gasteiger charge is -2.46. The molecule has 0 bridgehead atoms. The molecule has 14 nitrogen and oxygen atoms in total. The molecule has 2 rings (SSSR count). The highest BCUT2D eigenvalue weighted by Gasteiger charge is 2.50. The number of aliphatic hydroxyl groups is 8. The first-order chi connectivity index (χ1) is 26.1. The number of rotatable bonds is 27. The molecule has 2 aliphatic rings. The number of carbonyl (C=O) groups is 1. The summed E-state index contributed by atoms with van der Waals surface area (Å²) in [6.07, 6.45) is 12.1. The van der Waals surface area contributed by atoms with Gasteiger partial charge in [0.25, 0.3) is 0 Å². The van der Waals surface area contributed by atoms with Crippen LogP contribution in [0, 0.1) is 0 Å². The third-order valence-corrected chi connectivity index (χ3v) is 9.45. The Morgan fingerprint density at radius 2 is 1.24 bits per heavy atom. The van der Waals surface area contributed by atoms with Gasteiger partial charge in [-0.15, -0.1) is 0 Å². The van der Waals surface area contributed by atoms with Crippen LogP contribution in [0.1, 0.15) is 104 Å². The van der Waals surface area contributed by atoms with E-state index in [-0.39, 0.29) is 18.9 Å². The quantitative estimate of drug-likeness (QED) is 0.0432. The Hall–Kier alpha value is -2.05. The molecule has 0 saturated carbocycles. The van der Waals surface area contributed by atoms with E-state index in [1.807, 2.05) is 6.08 Å². The number of ether oxygens (including phenoxy) is 4. The molecular weight excluding hydrogens is 702 g/mol. The highest BCUT2D eigenvalue weighted by molar-refractivity contribution is 5.76. The Labute approximate surface area is 321 Å². The van der Waals surface area contributed by atoms with Crippen molar-refractivity contribution in [2.75, 3.05) is 19.8 Å². The molecule has 312 valence electrons. The Bertz CT molecular complexity index is 1100. The molecule has 54 heavy (non-hydrogen) atoms. The van der Waals surface area contributed by atoms with E-state index >= 15 is 0 Å². The number of unbranched alkanes of at least 4 members (excludes halogenated alkanes) is 8. The molecule has 2 heterocycles. The van der Waals surface area contributed by atoms with Gasteiger partial charge in [-0.05, 0) is 51.4 Å². The van der Waals surface area contributed by atoms with E-state index in [0.717, 1.165) is 70.6 Å². The summed E-state index contributed by atoms with van der Waals surface area (Å²) in [6, 6.07) is -0.934. The van der Waals surface area contributed by atoms with E-state index in [2.05, 4.69) is 55.6 Å². The van der Waals surface area contributed by atoms with E-state index in [1.165, 1.54) is 0 Å². The molecule has 0 aromatic rings. The molecule has 0 aromatic carbocycles. The molecule has 0 spiro atoms. The summed E-state index contributed by atoms with van der Waals surface area (Å²) in [7, 11) is 0. The van der Waals surface area contributed by atoms with Crippen LogP contribution >= 0.6 is 0 Å². The minimum atomic E-state index is -1.79. The smallest absolute Gasteiger partial charge is 0.220 e. The molecule has 9 N–H and O–H groups in total. The fourth-order valence-electron chi connectivity index (χ4n) is 6.11. The lowest BCUT2D eigenvalue weighted by atomic mass is 9.97. The standard InChI is InChI=1S/C40H69NO13/c1-3-5-7-9-11-12-13-14-15-16-18-20-22-24-32(45)41-28(29(44)23-21-19-17-10-8-6-4-2)27-51-39-37(50)35(48)38(31(26-43)53-39)54-40-36(49)34(47)33(46)30(25-42)52-40/h7-10,12-13,21,23,28-31,33-40,42-44,46-50H,3-6,11,14-20,22,24-27H2,1-2H3,(H,41,45)/b9-7-,10-8+,13-12-,23-21+. The Morgan fingerprint density at radius 3 is 1.93 bits per heavy atom. The maximum atomic E-state index is 13.0. The molecule has 0 aliphatic carbocycles. The average molecular weight is 772 g/mol. The molecule has 1 amide bonds. The largest absolute Gasteiger partial charge is 0.394 e. The van der Waals surface area contributed by atoms with Crippen molar-refractivity contribution >= 4 is 5.91 Å². The van der Waals surface area contributed by atoms with Crippen molar-refractivity contribution in [2.45, 2.75) is 177 Å². The summed E-state index contributed by atoms with van der Waals surface area (Å²) in [6.45, 7) is 2.51. The number of carbonyl (C=O) groups excluding carboxylic acids is 1. The molecule has 0 aromatic heterocycles. The van der Waals surface area contributed by atoms with Crippen molar-refractivity contribution in [3.8, 4) is 0 Å². The van der Waals surface area contributed by atoms with E-state index in [0.29, 0.717) is 12.8 Å². The topological polar surface area (TPSA) is 228 Å². The maximum absolute atomic E-state index is 13.0. The maximum Gasteiger partial charge on any atom is 0.220 e. The SMILES string of the molecule is CCC/C=C\C/C=C\CCCCCCCC(=O)NC(COC1OC(CO)C(OC2OC(CO)C(O)C(O)C2O)C(O)C1O)C(O)/C=C/CC/C=C/CCC. The summed E-state index contributed by atoms with van der Waals surface area (Å²) in [5.41, 5.74) is 0. The normalized spacial score (nSPS) is 30.6. The molecule has 12 unspecified atom stereocenters. The first kappa shape index (κ1) is 48.1. The lowest BCUT2D eigenvalue weighted by Crippen LogP contribution is -2.65. The highest BCUT2D eigenvalue weighted by atomic mass is 16.7. The first-order valence-corrected chi connectivity index (χ1v) is 19.9. The zero-order valence-electron chi connectivity index (χ0n) is 32.2. The Morgan fingerprint density at radius 1 is 0.667 bits per heavy atom. The van der Waals surface area contributed by atoms with Gasteiger partial charge < -0.3 is 65.1 Å². The second kappa shape index (κ2) is 28.4. The number of nitrogens with one attached hydrogen (secondary N) is 1. The molecule has 2 fully saturated rings. The van der Waals surface area contributed by atoms with Crippen molar-refractivity contribution in [2.24, 2.45) is 0 Å². The van der Waals surface area contributed by atoms with Crippen molar-refractivity contribution in [1.29, 1.82) is 0 Å². The molecular formula is C40H69NO13. The highest BCUT2D eigenvalue weighted by Crippen LogP contribution is 2.29. The van der Waals surface area contributed by atoms with Crippen LogP contribution in [0.2, 0.25) is 0 Å². The van der Waals surface area contributed by atoms with E-state index in [4.69, 9.17) is 18.9 Å². The minimum Gasteiger partial charge on any atom is -0.394 e. The van der Waals surface area contributed by atoms with Crippen molar-refractivity contribution in [3.63, 3.8) is 0 Å². The van der Waals surface area contributed by atoms with E-state index in [1.54, 1.807) is 6.08 Å². The van der Waals surface area contributed by atoms with Crippen molar-refractivity contribution < 1.29 is 64.6 Å². The van der Waals surface area contributed by atoms with Gasteiger partial charge >= 0.3 is 0 Å². The summed E-state index contributed by atoms with van der Waals surface area (Å²) in [5.74, 6) is -0.274. The molecule has 2 aliphatic heterocycles. The monoisotopic (exact) mass is 771 g/mol. The molecule has 12 atom stereocenters. The zero-order chi connectivity index (χ0) is 39.7. The number of allylic oxidation sites excluding steroid dienone is 7. The Kier molecular flexibility index (Phi) is 25.3. The zero-order valence-corrected chi connectivity index (χ0v) is 32.2. The molecule has 14 heteroatoms. The van der Waals surface area contributed by atoms with Gasteiger partial charge in [-0.2, -0.15) is 0 Å². The second-order valence-corrected chi connectivity index (χ2v) is 14.0. The van der Waals surface area contributed by atoms with Gasteiger partial charge in [0.05, 0.1) is 32.0 Å². The van der Waals surface area contributed by atoms with Crippen LogP contribution in [0.25, 0.3) is 0 Å². The van der Waals surface area contributed by atoms with Crippen LogP contribution in [0.4, 0.5) is 0 Å². The Balaban J connectivity index is 1.94. The number of amides is 1. The van der Waals surface area contributed by atoms with Gasteiger partial charge in [-0.3, -0.25) is 4.79 Å². The number of hydrogen-bond acceptors (Lipinski definition) is 13. The summed E-state index contributed by atoms with van der Waals surface area (Å²) in [4.78, 5) is 13.0. The van der Waals surface area contributed by atoms with Crippen LogP contribution in [0.15, 0.2) is 48.6 Å². The van der Waals surface area contributed by atoms with E-state index in [9.17, 15) is 45.6 Å². The van der Waals surface area contributed by atoms with Crippen LogP contribution in [0.3, 0.4) is 0 Å². The van der Waals surface area contributed by atoms with Crippen LogP contribution in [0.5, 0.6) is 0 Å². The average Bonchev–Trinajstić information content (AvgIpc) is 3.17. The third kappa shape index (κ3) is 17.4. The van der Waals surface area contributed by atoms with Gasteiger partial charge in [-0.25, -0.2) is 0 Å². The fourth-order valence-corrected chi connectivity index (χ4v) is 6.11. The predicted molar refractivity (Wildman–Crippen MR) is 203 cm³/mol. The lowest BCUT2D eigenvalue weighted by molar-refractivity contribution is -0.359. The summed E-state index contributed by atoms with van der Waals surface area (Å²) >= 11 is 0. The van der Waals surface area contributed by atoms with Crippen LogP contribution < -0.4 is 5.32 Å². The number of aliphatic hydroxyl groups excluding tert-OH is 8. The van der Waals surface area contributed by atoms with Gasteiger partial charge in [0.2, 0.25) is 5.91 Å². The first-order valence-electron chi connectivity index (χ1n) is 19.9. The second-order valence-electron chi connectivity index (χ2n) is 14.0. The van der Waals surface area contributed by atoms with Gasteiger partial charge in [0.15, 0.2) is 12.6 Å². The van der Waals surface area contributed by atoms with Gasteiger partial charge in [0, 0.05) is 6.42 Å². The summed E-state index contributed by atoms with van der Waals surface area (Å²) < 4.78 is 22.5. The fraction of sp³-hybridized carbons (Fsp3) is 0.775. The number of hydrogen-bond donors (Lipinski definition) is 9. The van der Waals surface area contributed by atoms with E-state index < -0.39 is 86.8 Å². The molecule has 0 radical (unpaired) electrons. The summed E-state index contributed by atoms with van der Waals surface area (Å²) in [5, 5.41) is 85.9. The molecule has 2 saturated heterocycles. The predicted octanol–water partition coefficient (Wildman–Crippen LogP) is 2.20. The van der Waals surface area contributed by atoms with Crippen molar-refractivity contribution in [3.05, 3.63) is 48.6 Å². The van der Waals surface area contributed by atoms with Gasteiger partial charge in [0.1, 0.15) is 48.8 Å².